The molecule has 1 amide bonds. The molecule has 1 aliphatic heterocycles. The number of carbonyl (C=O) groups excluding carboxylic acids is 1. The number of nitrogens with two attached hydrogens (primary N) is 1. The fourth-order valence-electron chi connectivity index (χ4n) is 3.71. The normalized spacial score (nSPS) is 23.1. The molecule has 0 radical (unpaired) electrons. The van der Waals surface area contributed by atoms with Crippen LogP contribution in [0.25, 0.3) is 0 Å². The Labute approximate surface area is 138 Å². The molecule has 2 unspecified atom stereocenters. The van der Waals surface area contributed by atoms with Crippen molar-refractivity contribution in [1.29, 1.82) is 0 Å². The molecule has 1 heterocycles. The summed E-state index contributed by atoms with van der Waals surface area (Å²) >= 11 is 0. The van der Waals surface area contributed by atoms with E-state index in [0.29, 0.717) is 12.5 Å². The number of ether oxygens (including phenoxy) is 1. The van der Waals surface area contributed by atoms with Gasteiger partial charge in [-0.2, -0.15) is 0 Å². The van der Waals surface area contributed by atoms with Gasteiger partial charge < -0.3 is 15.4 Å². The first-order valence-corrected chi connectivity index (χ1v) is 8.60. The minimum Gasteiger partial charge on any atom is -0.479 e. The summed E-state index contributed by atoms with van der Waals surface area (Å²) in [7, 11) is 0. The molecule has 4 nitrogen and oxygen atoms in total. The molecule has 4 heteroatoms. The van der Waals surface area contributed by atoms with E-state index in [1.807, 2.05) is 18.2 Å². The smallest absolute Gasteiger partial charge is 0.268 e. The fraction of sp³-hybridized carbons (Fsp3) is 0.526. The zero-order valence-corrected chi connectivity index (χ0v) is 13.8. The maximum atomic E-state index is 12.4. The molecule has 2 atom stereocenters. The first-order valence-electron chi connectivity index (χ1n) is 8.60. The summed E-state index contributed by atoms with van der Waals surface area (Å²) in [5.74, 6) is 1.26. The number of rotatable bonds is 4. The Morgan fingerprint density at radius 3 is 2.83 bits per heavy atom. The molecule has 1 aromatic rings. The average molecular weight is 314 g/mol. The minimum absolute atomic E-state index is 0.0270. The monoisotopic (exact) mass is 314 g/mol. The first-order chi connectivity index (χ1) is 11.1. The van der Waals surface area contributed by atoms with E-state index in [4.69, 9.17) is 10.5 Å². The van der Waals surface area contributed by atoms with E-state index in [2.05, 4.69) is 6.58 Å². The Hall–Kier alpha value is -1.81. The highest BCUT2D eigenvalue weighted by Crippen LogP contribution is 2.39. The molecule has 1 fully saturated rings. The lowest BCUT2D eigenvalue weighted by Gasteiger charge is -2.34. The molecule has 23 heavy (non-hydrogen) atoms. The predicted octanol–water partition coefficient (Wildman–Crippen LogP) is 3.57. The minimum atomic E-state index is -0.458. The van der Waals surface area contributed by atoms with Crippen LogP contribution >= 0.6 is 0 Å². The van der Waals surface area contributed by atoms with Crippen LogP contribution in [0, 0.1) is 5.92 Å². The number of amides is 1. The van der Waals surface area contributed by atoms with Gasteiger partial charge in [-0.25, -0.2) is 0 Å². The summed E-state index contributed by atoms with van der Waals surface area (Å²) in [4.78, 5) is 14.1. The van der Waals surface area contributed by atoms with E-state index in [0.717, 1.165) is 17.0 Å². The van der Waals surface area contributed by atoms with Crippen molar-refractivity contribution in [1.82, 2.24) is 0 Å². The molecule has 124 valence electrons. The van der Waals surface area contributed by atoms with Crippen LogP contribution in [0.5, 0.6) is 5.75 Å². The van der Waals surface area contributed by atoms with E-state index < -0.39 is 6.10 Å². The van der Waals surface area contributed by atoms with Crippen molar-refractivity contribution in [2.75, 3.05) is 11.4 Å². The highest BCUT2D eigenvalue weighted by atomic mass is 16.5. The predicted molar refractivity (Wildman–Crippen MR) is 92.6 cm³/mol. The first kappa shape index (κ1) is 16.1. The van der Waals surface area contributed by atoms with Gasteiger partial charge in [0.1, 0.15) is 5.75 Å². The van der Waals surface area contributed by atoms with E-state index in [9.17, 15) is 4.79 Å². The number of nitrogens with zero attached hydrogens (tertiary/aromatic N) is 1. The van der Waals surface area contributed by atoms with Crippen LogP contribution in [0.1, 0.15) is 50.6 Å². The van der Waals surface area contributed by atoms with Crippen molar-refractivity contribution in [3.63, 3.8) is 0 Å². The molecule has 1 aromatic carbocycles. The molecule has 2 aliphatic rings. The van der Waals surface area contributed by atoms with E-state index in [1.54, 1.807) is 17.9 Å². The van der Waals surface area contributed by atoms with Crippen molar-refractivity contribution in [3.05, 3.63) is 36.4 Å². The van der Waals surface area contributed by atoms with Gasteiger partial charge in [0.15, 0.2) is 6.10 Å². The Bertz CT molecular complexity index is 593. The van der Waals surface area contributed by atoms with Gasteiger partial charge in [-0.1, -0.05) is 31.4 Å². The number of anilines is 1. The third-order valence-corrected chi connectivity index (χ3v) is 5.05. The van der Waals surface area contributed by atoms with Gasteiger partial charge in [0.25, 0.3) is 5.91 Å². The van der Waals surface area contributed by atoms with Crippen molar-refractivity contribution >= 4 is 11.6 Å². The van der Waals surface area contributed by atoms with Crippen LogP contribution in [-0.4, -0.2) is 18.6 Å². The van der Waals surface area contributed by atoms with Crippen LogP contribution in [0.3, 0.4) is 0 Å². The maximum absolute atomic E-state index is 12.4. The molecule has 2 N–H and O–H groups in total. The second kappa shape index (κ2) is 6.75. The molecule has 0 aromatic heterocycles. The number of fused-ring (bicyclic) bond motifs is 1. The highest BCUT2D eigenvalue weighted by Gasteiger charge is 2.32. The van der Waals surface area contributed by atoms with E-state index >= 15 is 0 Å². The second-order valence-corrected chi connectivity index (χ2v) is 6.65. The zero-order chi connectivity index (χ0) is 16.4. The molecule has 0 bridgehead atoms. The Morgan fingerprint density at radius 2 is 2.13 bits per heavy atom. The Morgan fingerprint density at radius 1 is 1.39 bits per heavy atom. The number of hydrogen-bond donors (Lipinski definition) is 1. The second-order valence-electron chi connectivity index (χ2n) is 6.65. The lowest BCUT2D eigenvalue weighted by Crippen LogP contribution is -2.44. The van der Waals surface area contributed by atoms with Gasteiger partial charge in [0, 0.05) is 12.6 Å². The molecular weight excluding hydrogens is 288 g/mol. The fourth-order valence-corrected chi connectivity index (χ4v) is 3.71. The van der Waals surface area contributed by atoms with Crippen LogP contribution in [0.2, 0.25) is 0 Å². The van der Waals surface area contributed by atoms with Gasteiger partial charge in [0.2, 0.25) is 0 Å². The van der Waals surface area contributed by atoms with Gasteiger partial charge in [-0.05, 0) is 43.4 Å². The number of carbonyl (C=O) groups is 1. The van der Waals surface area contributed by atoms with E-state index in [-0.39, 0.29) is 11.9 Å². The number of hydrogen-bond acceptors (Lipinski definition) is 3. The maximum Gasteiger partial charge on any atom is 0.268 e. The summed E-state index contributed by atoms with van der Waals surface area (Å²) in [6.45, 7) is 6.03. The molecule has 3 rings (SSSR count). The van der Waals surface area contributed by atoms with Gasteiger partial charge in [0.05, 0.1) is 5.69 Å². The largest absolute Gasteiger partial charge is 0.479 e. The molecular formula is C19H26N2O2. The summed E-state index contributed by atoms with van der Waals surface area (Å²) in [6, 6.07) is 6.06. The zero-order valence-electron chi connectivity index (χ0n) is 13.8. The van der Waals surface area contributed by atoms with Gasteiger partial charge in [-0.3, -0.25) is 4.79 Å². The molecule has 1 aliphatic carbocycles. The topological polar surface area (TPSA) is 55.6 Å². The number of benzene rings is 1. The van der Waals surface area contributed by atoms with Crippen molar-refractivity contribution in [2.24, 2.45) is 11.7 Å². The quantitative estimate of drug-likeness (QED) is 0.864. The third kappa shape index (κ3) is 3.13. The Balaban J connectivity index is 1.90. The van der Waals surface area contributed by atoms with Crippen molar-refractivity contribution < 1.29 is 9.53 Å². The van der Waals surface area contributed by atoms with Crippen molar-refractivity contribution in [3.8, 4) is 5.75 Å². The summed E-state index contributed by atoms with van der Waals surface area (Å²) in [6.07, 6.45) is 7.53. The van der Waals surface area contributed by atoms with Crippen molar-refractivity contribution in [2.45, 2.75) is 51.2 Å². The van der Waals surface area contributed by atoms with E-state index in [1.165, 1.54) is 32.1 Å². The van der Waals surface area contributed by atoms with Crippen LogP contribution in [0.15, 0.2) is 30.9 Å². The molecule has 1 saturated carbocycles. The summed E-state index contributed by atoms with van der Waals surface area (Å²) in [5.41, 5.74) is 8.43. The molecule has 0 saturated heterocycles. The van der Waals surface area contributed by atoms with Crippen LogP contribution in [0.4, 0.5) is 5.69 Å². The van der Waals surface area contributed by atoms with Gasteiger partial charge >= 0.3 is 0 Å². The lowest BCUT2D eigenvalue weighted by molar-refractivity contribution is -0.125. The summed E-state index contributed by atoms with van der Waals surface area (Å²) < 4.78 is 5.73. The summed E-state index contributed by atoms with van der Waals surface area (Å²) in [5, 5.41) is 0. The standard InChI is InChI=1S/C19H26N2O2/c1-3-11-21-16-12-15(18(20)14-7-5-4-6-8-14)9-10-17(16)23-13(2)19(21)22/h3,9-10,12-14,18H,1,4-8,11,20H2,2H3. The average Bonchev–Trinajstić information content (AvgIpc) is 2.59. The highest BCUT2D eigenvalue weighted by molar-refractivity contribution is 6.00. The molecule has 0 spiro atoms. The Kier molecular flexibility index (Phi) is 4.71. The van der Waals surface area contributed by atoms with Gasteiger partial charge in [-0.15, -0.1) is 6.58 Å². The third-order valence-electron chi connectivity index (χ3n) is 5.05. The lowest BCUT2D eigenvalue weighted by atomic mass is 9.81. The SMILES string of the molecule is C=CCN1C(=O)C(C)Oc2ccc(C(N)C3CCCCC3)cc21. The van der Waals surface area contributed by atoms with Crippen LogP contribution in [-0.2, 0) is 4.79 Å². The van der Waals surface area contributed by atoms with Crippen LogP contribution < -0.4 is 15.4 Å².